The molecule has 0 aliphatic heterocycles. The number of aromatic amines is 1. The minimum absolute atomic E-state index is 0.190. The van der Waals surface area contributed by atoms with Crippen LogP contribution in [0.25, 0.3) is 11.0 Å². The quantitative estimate of drug-likeness (QED) is 0.489. The Morgan fingerprint density at radius 3 is 2.44 bits per heavy atom. The number of hydrogen-bond acceptors (Lipinski definition) is 7. The highest BCUT2D eigenvalue weighted by molar-refractivity contribution is 7.93. The molecule has 0 spiro atoms. The van der Waals surface area contributed by atoms with Gasteiger partial charge in [-0.2, -0.15) is 15.4 Å². The average molecular weight is 389 g/mol. The molecule has 0 fully saturated rings. The number of benzene rings is 1. The van der Waals surface area contributed by atoms with Crippen LogP contribution in [-0.2, 0) is 10.0 Å². The maximum Gasteiger partial charge on any atom is 0.235 e. The fourth-order valence-corrected chi connectivity index (χ4v) is 3.05. The van der Waals surface area contributed by atoms with Crippen molar-refractivity contribution in [1.29, 1.82) is 0 Å². The summed E-state index contributed by atoms with van der Waals surface area (Å²) in [6, 6.07) is 9.07. The van der Waals surface area contributed by atoms with Crippen molar-refractivity contribution in [3.05, 3.63) is 30.3 Å². The summed E-state index contributed by atoms with van der Waals surface area (Å²) in [6.07, 6.45) is 0. The first-order valence-electron chi connectivity index (χ1n) is 8.61. The van der Waals surface area contributed by atoms with Crippen LogP contribution >= 0.6 is 0 Å². The zero-order valence-electron chi connectivity index (χ0n) is 15.6. The summed E-state index contributed by atoms with van der Waals surface area (Å²) < 4.78 is 27.2. The second-order valence-electron chi connectivity index (χ2n) is 6.74. The molecule has 0 saturated heterocycles. The topological polar surface area (TPSA) is 125 Å². The van der Waals surface area contributed by atoms with Gasteiger partial charge in [-0.3, -0.25) is 4.72 Å². The van der Waals surface area contributed by atoms with Gasteiger partial charge in [0.15, 0.2) is 5.82 Å². The fourth-order valence-electron chi connectivity index (χ4n) is 2.34. The van der Waals surface area contributed by atoms with Gasteiger partial charge in [0.05, 0.1) is 10.9 Å². The monoisotopic (exact) mass is 389 g/mol. The van der Waals surface area contributed by atoms with E-state index >= 15 is 0 Å². The van der Waals surface area contributed by atoms with Gasteiger partial charge in [0.1, 0.15) is 16.9 Å². The molecule has 2 heterocycles. The van der Waals surface area contributed by atoms with Gasteiger partial charge in [0.25, 0.3) is 0 Å². The SMILES string of the molecule is CC(C)Nc1ccc(NS(=O)(=O)C(C)C)c(Nc2ccc3n[nH]nc3c2)n1. The van der Waals surface area contributed by atoms with Crippen molar-refractivity contribution in [2.45, 2.75) is 39.0 Å². The Morgan fingerprint density at radius 2 is 1.74 bits per heavy atom. The Morgan fingerprint density at radius 1 is 1.00 bits per heavy atom. The third-order valence-electron chi connectivity index (χ3n) is 3.78. The van der Waals surface area contributed by atoms with Gasteiger partial charge >= 0.3 is 0 Å². The number of sulfonamides is 1. The smallest absolute Gasteiger partial charge is 0.235 e. The number of nitrogens with one attached hydrogen (secondary N) is 4. The van der Waals surface area contributed by atoms with Gasteiger partial charge in [0.2, 0.25) is 10.0 Å². The lowest BCUT2D eigenvalue weighted by molar-refractivity contribution is 0.593. The van der Waals surface area contributed by atoms with E-state index in [1.807, 2.05) is 32.0 Å². The van der Waals surface area contributed by atoms with E-state index in [9.17, 15) is 8.42 Å². The molecular formula is C17H23N7O2S. The zero-order chi connectivity index (χ0) is 19.6. The molecule has 0 aliphatic rings. The molecule has 3 aromatic rings. The number of pyridine rings is 1. The fraction of sp³-hybridized carbons (Fsp3) is 0.353. The largest absolute Gasteiger partial charge is 0.368 e. The van der Waals surface area contributed by atoms with Crippen LogP contribution in [0.3, 0.4) is 0 Å². The standard InChI is InChI=1S/C17H23N7O2S/c1-10(2)18-16-8-7-14(23-27(25,26)11(3)4)17(20-16)19-12-5-6-13-15(9-12)22-24-21-13/h5-11,23H,1-4H3,(H2,18,19,20)(H,21,22,24). The summed E-state index contributed by atoms with van der Waals surface area (Å²) in [5.74, 6) is 1.04. The van der Waals surface area contributed by atoms with Gasteiger partial charge < -0.3 is 10.6 Å². The number of aromatic nitrogens is 4. The Hall–Kier alpha value is -2.88. The summed E-state index contributed by atoms with van der Waals surface area (Å²) in [5, 5.41) is 16.5. The zero-order valence-corrected chi connectivity index (χ0v) is 16.4. The third kappa shape index (κ3) is 4.45. The lowest BCUT2D eigenvalue weighted by Crippen LogP contribution is -2.23. The molecule has 0 saturated carbocycles. The number of anilines is 4. The molecule has 0 amide bonds. The Balaban J connectivity index is 1.97. The van der Waals surface area contributed by atoms with Crippen LogP contribution < -0.4 is 15.4 Å². The number of nitrogens with zero attached hydrogens (tertiary/aromatic N) is 3. The molecule has 144 valence electrons. The summed E-state index contributed by atoms with van der Waals surface area (Å²) in [7, 11) is -3.51. The predicted molar refractivity (Wildman–Crippen MR) is 108 cm³/mol. The van der Waals surface area contributed by atoms with Crippen LogP contribution in [0.2, 0.25) is 0 Å². The maximum atomic E-state index is 12.3. The molecule has 1 aromatic carbocycles. The Kier molecular flexibility index (Phi) is 5.17. The molecule has 0 bridgehead atoms. The van der Waals surface area contributed by atoms with Crippen molar-refractivity contribution in [3.8, 4) is 0 Å². The van der Waals surface area contributed by atoms with E-state index in [1.54, 1.807) is 26.0 Å². The average Bonchev–Trinajstić information content (AvgIpc) is 3.04. The lowest BCUT2D eigenvalue weighted by atomic mass is 10.2. The first-order chi connectivity index (χ1) is 12.7. The molecule has 27 heavy (non-hydrogen) atoms. The number of rotatable bonds is 7. The summed E-state index contributed by atoms with van der Waals surface area (Å²) >= 11 is 0. The molecule has 9 nitrogen and oxygen atoms in total. The molecule has 3 rings (SSSR count). The van der Waals surface area contributed by atoms with Crippen LogP contribution in [0.15, 0.2) is 30.3 Å². The second-order valence-corrected chi connectivity index (χ2v) is 8.98. The maximum absolute atomic E-state index is 12.3. The van der Waals surface area contributed by atoms with Crippen molar-refractivity contribution < 1.29 is 8.42 Å². The van der Waals surface area contributed by atoms with Crippen molar-refractivity contribution in [1.82, 2.24) is 20.4 Å². The summed E-state index contributed by atoms with van der Waals surface area (Å²) in [6.45, 7) is 7.25. The Labute approximate surface area is 158 Å². The van der Waals surface area contributed by atoms with Gasteiger partial charge in [0, 0.05) is 11.7 Å². The third-order valence-corrected chi connectivity index (χ3v) is 5.53. The minimum atomic E-state index is -3.51. The molecule has 0 atom stereocenters. The minimum Gasteiger partial charge on any atom is -0.368 e. The molecule has 10 heteroatoms. The van der Waals surface area contributed by atoms with E-state index in [0.717, 1.165) is 11.2 Å². The highest BCUT2D eigenvalue weighted by atomic mass is 32.2. The molecule has 0 aliphatic carbocycles. The molecule has 2 aromatic heterocycles. The van der Waals surface area contributed by atoms with E-state index < -0.39 is 15.3 Å². The highest BCUT2D eigenvalue weighted by Gasteiger charge is 2.19. The molecule has 0 unspecified atom stereocenters. The number of H-pyrrole nitrogens is 1. The summed E-state index contributed by atoms with van der Waals surface area (Å²) in [5.41, 5.74) is 2.53. The first-order valence-corrected chi connectivity index (χ1v) is 10.2. The van der Waals surface area contributed by atoms with Crippen LogP contribution in [0, 0.1) is 0 Å². The van der Waals surface area contributed by atoms with E-state index in [2.05, 4.69) is 35.8 Å². The van der Waals surface area contributed by atoms with E-state index in [4.69, 9.17) is 0 Å². The normalized spacial score (nSPS) is 11.9. The predicted octanol–water partition coefficient (Wildman–Crippen LogP) is 3.07. The lowest BCUT2D eigenvalue weighted by Gasteiger charge is -2.17. The highest BCUT2D eigenvalue weighted by Crippen LogP contribution is 2.28. The van der Waals surface area contributed by atoms with Crippen molar-refractivity contribution in [3.63, 3.8) is 0 Å². The van der Waals surface area contributed by atoms with Gasteiger partial charge in [-0.05, 0) is 58.0 Å². The van der Waals surface area contributed by atoms with Crippen molar-refractivity contribution in [2.24, 2.45) is 0 Å². The number of fused-ring (bicyclic) bond motifs is 1. The summed E-state index contributed by atoms with van der Waals surface area (Å²) in [4.78, 5) is 4.53. The Bertz CT molecular complexity index is 1040. The molecular weight excluding hydrogens is 366 g/mol. The number of hydrogen-bond donors (Lipinski definition) is 4. The van der Waals surface area contributed by atoms with Gasteiger partial charge in [-0.1, -0.05) is 0 Å². The molecule has 4 N–H and O–H groups in total. The van der Waals surface area contributed by atoms with Crippen LogP contribution in [0.1, 0.15) is 27.7 Å². The van der Waals surface area contributed by atoms with Crippen molar-refractivity contribution >= 4 is 44.1 Å². The van der Waals surface area contributed by atoms with E-state index in [0.29, 0.717) is 22.8 Å². The second kappa shape index (κ2) is 7.39. The van der Waals surface area contributed by atoms with Gasteiger partial charge in [-0.25, -0.2) is 13.4 Å². The van der Waals surface area contributed by atoms with Crippen LogP contribution in [0.4, 0.5) is 23.0 Å². The van der Waals surface area contributed by atoms with Crippen LogP contribution in [0.5, 0.6) is 0 Å². The van der Waals surface area contributed by atoms with E-state index in [-0.39, 0.29) is 6.04 Å². The van der Waals surface area contributed by atoms with Gasteiger partial charge in [-0.15, -0.1) is 0 Å². The molecule has 0 radical (unpaired) electrons. The first kappa shape index (κ1) is 18.9. The van der Waals surface area contributed by atoms with E-state index in [1.165, 1.54) is 0 Å². The van der Waals surface area contributed by atoms with Crippen molar-refractivity contribution in [2.75, 3.05) is 15.4 Å². The van der Waals surface area contributed by atoms with Crippen LogP contribution in [-0.4, -0.2) is 40.1 Å².